The fourth-order valence-corrected chi connectivity index (χ4v) is 1.63. The number of hydrogen-bond donors (Lipinski definition) is 2. The number of ether oxygens (including phenoxy) is 1. The molecular weight excluding hydrogens is 236 g/mol. The average molecular weight is 254 g/mol. The van der Waals surface area contributed by atoms with Crippen LogP contribution in [0.15, 0.2) is 4.79 Å². The Labute approximate surface area is 105 Å². The van der Waals surface area contributed by atoms with Gasteiger partial charge in [0, 0.05) is 18.4 Å². The summed E-state index contributed by atoms with van der Waals surface area (Å²) in [5.74, 6) is -0.632. The van der Waals surface area contributed by atoms with Crippen molar-refractivity contribution in [3.8, 4) is 0 Å². The maximum absolute atomic E-state index is 11.9. The topological polar surface area (TPSA) is 92.3 Å². The van der Waals surface area contributed by atoms with Gasteiger partial charge in [-0.2, -0.15) is 0 Å². The summed E-state index contributed by atoms with van der Waals surface area (Å²) in [4.78, 5) is 29.4. The van der Waals surface area contributed by atoms with Gasteiger partial charge in [-0.3, -0.25) is 9.59 Å². The molecule has 1 atom stereocenters. The zero-order valence-corrected chi connectivity index (χ0v) is 11.0. The first-order chi connectivity index (χ1) is 8.34. The van der Waals surface area contributed by atoms with Gasteiger partial charge in [0.25, 0.3) is 5.56 Å². The third-order valence-corrected chi connectivity index (χ3v) is 3.18. The number of aromatic amines is 1. The lowest BCUT2D eigenvalue weighted by Gasteiger charge is -2.25. The second-order valence-corrected chi connectivity index (χ2v) is 4.34. The molecule has 0 saturated carbocycles. The Bertz CT molecular complexity index is 503. The molecule has 100 valence electrons. The van der Waals surface area contributed by atoms with Gasteiger partial charge < -0.3 is 14.8 Å². The van der Waals surface area contributed by atoms with Crippen LogP contribution in [0.25, 0.3) is 0 Å². The van der Waals surface area contributed by atoms with Crippen LogP contribution in [0, 0.1) is 6.92 Å². The standard InChI is InChI=1S/C12H18N2O4/c1-5-12(3,18-4)11-13-7(2)8(6-9(15)16)10(17)14-11/h5-6H2,1-4H3,(H,15,16)(H,13,14,17). The van der Waals surface area contributed by atoms with E-state index >= 15 is 0 Å². The van der Waals surface area contributed by atoms with E-state index in [1.807, 2.05) is 13.8 Å². The molecule has 0 amide bonds. The normalized spacial score (nSPS) is 14.2. The predicted molar refractivity (Wildman–Crippen MR) is 65.6 cm³/mol. The Morgan fingerprint density at radius 3 is 2.56 bits per heavy atom. The van der Waals surface area contributed by atoms with Gasteiger partial charge in [0.15, 0.2) is 0 Å². The van der Waals surface area contributed by atoms with E-state index in [0.717, 1.165) is 0 Å². The summed E-state index contributed by atoms with van der Waals surface area (Å²) in [7, 11) is 1.55. The van der Waals surface area contributed by atoms with Crippen molar-refractivity contribution in [2.45, 2.75) is 39.2 Å². The van der Waals surface area contributed by atoms with E-state index in [1.165, 1.54) is 0 Å². The van der Waals surface area contributed by atoms with Crippen molar-refractivity contribution >= 4 is 5.97 Å². The molecule has 1 aromatic heterocycles. The molecule has 1 aromatic rings. The summed E-state index contributed by atoms with van der Waals surface area (Å²) < 4.78 is 5.36. The summed E-state index contributed by atoms with van der Waals surface area (Å²) >= 11 is 0. The Kier molecular flexibility index (Phi) is 4.24. The number of aryl methyl sites for hydroxylation is 1. The number of carbonyl (C=O) groups is 1. The number of nitrogens with zero attached hydrogens (tertiary/aromatic N) is 1. The van der Waals surface area contributed by atoms with E-state index in [4.69, 9.17) is 9.84 Å². The first kappa shape index (κ1) is 14.4. The van der Waals surface area contributed by atoms with Gasteiger partial charge >= 0.3 is 5.97 Å². The Balaban J connectivity index is 3.30. The van der Waals surface area contributed by atoms with Crippen LogP contribution in [-0.4, -0.2) is 28.2 Å². The zero-order valence-electron chi connectivity index (χ0n) is 11.0. The molecule has 0 spiro atoms. The molecule has 0 aromatic carbocycles. The van der Waals surface area contributed by atoms with Gasteiger partial charge in [0.05, 0.1) is 6.42 Å². The highest BCUT2D eigenvalue weighted by Crippen LogP contribution is 2.24. The molecule has 1 rings (SSSR count). The molecule has 0 bridgehead atoms. The predicted octanol–water partition coefficient (Wildman–Crippen LogP) is 0.977. The van der Waals surface area contributed by atoms with Crippen LogP contribution in [-0.2, 0) is 21.6 Å². The van der Waals surface area contributed by atoms with Crippen LogP contribution >= 0.6 is 0 Å². The SMILES string of the molecule is CCC(C)(OC)c1nc(C)c(CC(=O)O)c(=O)[nH]1. The molecule has 2 N–H and O–H groups in total. The minimum Gasteiger partial charge on any atom is -0.481 e. The molecule has 1 unspecified atom stereocenters. The lowest BCUT2D eigenvalue weighted by Crippen LogP contribution is -2.31. The summed E-state index contributed by atoms with van der Waals surface area (Å²) in [6.45, 7) is 5.37. The molecule has 0 aliphatic carbocycles. The molecule has 6 heteroatoms. The highest BCUT2D eigenvalue weighted by atomic mass is 16.5. The fourth-order valence-electron chi connectivity index (χ4n) is 1.63. The van der Waals surface area contributed by atoms with Gasteiger partial charge in [0.2, 0.25) is 0 Å². The number of aliphatic carboxylic acids is 1. The highest BCUT2D eigenvalue weighted by molar-refractivity contribution is 5.70. The number of methoxy groups -OCH3 is 1. The van der Waals surface area contributed by atoms with Crippen molar-refractivity contribution in [3.05, 3.63) is 27.4 Å². The maximum atomic E-state index is 11.9. The van der Waals surface area contributed by atoms with E-state index in [9.17, 15) is 9.59 Å². The van der Waals surface area contributed by atoms with Gasteiger partial charge in [-0.15, -0.1) is 0 Å². The van der Waals surface area contributed by atoms with E-state index in [-0.39, 0.29) is 12.0 Å². The molecule has 6 nitrogen and oxygen atoms in total. The Morgan fingerprint density at radius 2 is 2.17 bits per heavy atom. The van der Waals surface area contributed by atoms with Crippen LogP contribution in [0.4, 0.5) is 0 Å². The third kappa shape index (κ3) is 2.76. The molecule has 0 saturated heterocycles. The third-order valence-electron chi connectivity index (χ3n) is 3.18. The molecule has 0 aliphatic heterocycles. The minimum absolute atomic E-state index is 0.181. The lowest BCUT2D eigenvalue weighted by atomic mass is 10.0. The number of rotatable bonds is 5. The maximum Gasteiger partial charge on any atom is 0.308 e. The molecule has 0 radical (unpaired) electrons. The zero-order chi connectivity index (χ0) is 13.9. The van der Waals surface area contributed by atoms with Crippen molar-refractivity contribution < 1.29 is 14.6 Å². The van der Waals surface area contributed by atoms with E-state index in [1.54, 1.807) is 14.0 Å². The smallest absolute Gasteiger partial charge is 0.308 e. The van der Waals surface area contributed by atoms with Crippen LogP contribution < -0.4 is 5.56 Å². The average Bonchev–Trinajstić information content (AvgIpc) is 2.32. The van der Waals surface area contributed by atoms with Crippen molar-refractivity contribution in [2.24, 2.45) is 0 Å². The van der Waals surface area contributed by atoms with Crippen molar-refractivity contribution in [1.82, 2.24) is 9.97 Å². The van der Waals surface area contributed by atoms with Gasteiger partial charge in [-0.1, -0.05) is 6.92 Å². The van der Waals surface area contributed by atoms with Crippen LogP contribution in [0.3, 0.4) is 0 Å². The first-order valence-corrected chi connectivity index (χ1v) is 5.71. The molecule has 0 aliphatic rings. The largest absolute Gasteiger partial charge is 0.481 e. The van der Waals surface area contributed by atoms with E-state index < -0.39 is 17.1 Å². The molecule has 18 heavy (non-hydrogen) atoms. The van der Waals surface area contributed by atoms with Crippen LogP contribution in [0.1, 0.15) is 37.4 Å². The monoisotopic (exact) mass is 254 g/mol. The van der Waals surface area contributed by atoms with Crippen molar-refractivity contribution in [2.75, 3.05) is 7.11 Å². The summed E-state index contributed by atoms with van der Waals surface area (Å²) in [5, 5.41) is 8.73. The van der Waals surface area contributed by atoms with Crippen molar-refractivity contribution in [3.63, 3.8) is 0 Å². The van der Waals surface area contributed by atoms with Gasteiger partial charge in [0.1, 0.15) is 11.4 Å². The number of carboxylic acid groups (broad SMARTS) is 1. The number of nitrogens with one attached hydrogen (secondary N) is 1. The minimum atomic E-state index is -1.05. The van der Waals surface area contributed by atoms with Crippen LogP contribution in [0.5, 0.6) is 0 Å². The number of carboxylic acids is 1. The molecule has 1 heterocycles. The number of hydrogen-bond acceptors (Lipinski definition) is 4. The summed E-state index contributed by atoms with van der Waals surface area (Å²) in [6, 6.07) is 0. The quantitative estimate of drug-likeness (QED) is 0.817. The van der Waals surface area contributed by atoms with Crippen molar-refractivity contribution in [1.29, 1.82) is 0 Å². The lowest BCUT2D eigenvalue weighted by molar-refractivity contribution is -0.136. The van der Waals surface area contributed by atoms with Crippen LogP contribution in [0.2, 0.25) is 0 Å². The molecule has 0 fully saturated rings. The Morgan fingerprint density at radius 1 is 1.56 bits per heavy atom. The van der Waals surface area contributed by atoms with E-state index in [2.05, 4.69) is 9.97 Å². The Hall–Kier alpha value is -1.69. The first-order valence-electron chi connectivity index (χ1n) is 5.71. The summed E-state index contributed by atoms with van der Waals surface area (Å²) in [5.41, 5.74) is -0.489. The summed E-state index contributed by atoms with van der Waals surface area (Å²) in [6.07, 6.45) is 0.314. The van der Waals surface area contributed by atoms with Gasteiger partial charge in [-0.25, -0.2) is 4.98 Å². The van der Waals surface area contributed by atoms with E-state index in [0.29, 0.717) is 17.9 Å². The second-order valence-electron chi connectivity index (χ2n) is 4.34. The highest BCUT2D eigenvalue weighted by Gasteiger charge is 2.28. The fraction of sp³-hybridized carbons (Fsp3) is 0.583. The van der Waals surface area contributed by atoms with Gasteiger partial charge in [-0.05, 0) is 20.3 Å². The molecular formula is C12H18N2O4. The second kappa shape index (κ2) is 5.30. The number of H-pyrrole nitrogens is 1. The number of aromatic nitrogens is 2.